The maximum Gasteiger partial charge on any atom is 0.223 e. The smallest absolute Gasteiger partial charge is 0.223 e. The Bertz CT molecular complexity index is 922. The molecular formula is C24H28N2O. The maximum atomic E-state index is 5.14. The van der Waals surface area contributed by atoms with Crippen LogP contribution in [0, 0.1) is 13.8 Å². The molecule has 0 N–H and O–H groups in total. The van der Waals surface area contributed by atoms with Gasteiger partial charge in [-0.05, 0) is 55.4 Å². The van der Waals surface area contributed by atoms with Crippen molar-refractivity contribution < 1.29 is 4.52 Å². The van der Waals surface area contributed by atoms with E-state index in [1.54, 1.807) is 0 Å². The van der Waals surface area contributed by atoms with Crippen molar-refractivity contribution in [2.75, 3.05) is 0 Å². The zero-order valence-electron chi connectivity index (χ0n) is 16.7. The van der Waals surface area contributed by atoms with Crippen molar-refractivity contribution in [2.24, 2.45) is 0 Å². The van der Waals surface area contributed by atoms with Crippen molar-refractivity contribution >= 4 is 5.57 Å². The summed E-state index contributed by atoms with van der Waals surface area (Å²) in [4.78, 5) is 4.40. The lowest BCUT2D eigenvalue weighted by atomic mass is 9.92. The minimum Gasteiger partial charge on any atom is -0.340 e. The van der Waals surface area contributed by atoms with E-state index in [-0.39, 0.29) is 0 Å². The third-order valence-corrected chi connectivity index (χ3v) is 5.08. The summed E-state index contributed by atoms with van der Waals surface area (Å²) < 4.78 is 5.14. The molecule has 1 atom stereocenters. The molecule has 1 aromatic heterocycles. The molecule has 1 unspecified atom stereocenters. The van der Waals surface area contributed by atoms with E-state index in [4.69, 9.17) is 4.52 Å². The monoisotopic (exact) mass is 360 g/mol. The fourth-order valence-electron chi connectivity index (χ4n) is 3.46. The second-order valence-electron chi connectivity index (χ2n) is 7.34. The van der Waals surface area contributed by atoms with Crippen molar-refractivity contribution in [1.82, 2.24) is 10.1 Å². The van der Waals surface area contributed by atoms with Crippen LogP contribution in [0.4, 0.5) is 0 Å². The molecule has 0 spiro atoms. The van der Waals surface area contributed by atoms with Crippen LogP contribution >= 0.6 is 0 Å². The zero-order valence-corrected chi connectivity index (χ0v) is 16.7. The third kappa shape index (κ3) is 4.54. The minimum absolute atomic E-state index is 0.342. The lowest BCUT2D eigenvalue weighted by molar-refractivity contribution is 0.380. The highest BCUT2D eigenvalue weighted by molar-refractivity contribution is 5.80. The first-order chi connectivity index (χ1) is 13.0. The molecule has 0 radical (unpaired) electrons. The van der Waals surface area contributed by atoms with Gasteiger partial charge in [0.2, 0.25) is 5.89 Å². The van der Waals surface area contributed by atoms with Crippen LogP contribution in [0.5, 0.6) is 0 Å². The fraction of sp³-hybridized carbons (Fsp3) is 0.333. The molecule has 0 fully saturated rings. The third-order valence-electron chi connectivity index (χ3n) is 5.08. The SMILES string of the molecule is C=C(C)c1ccc(C)cc1-c1ccc(CCC(CC)c2noc(C)n2)cc1. The second-order valence-corrected chi connectivity index (χ2v) is 7.34. The molecule has 0 aliphatic rings. The average molecular weight is 361 g/mol. The Hall–Kier alpha value is -2.68. The van der Waals surface area contributed by atoms with Crippen LogP contribution < -0.4 is 0 Å². The van der Waals surface area contributed by atoms with Crippen molar-refractivity contribution in [1.29, 1.82) is 0 Å². The first-order valence-electron chi connectivity index (χ1n) is 9.64. The van der Waals surface area contributed by atoms with Gasteiger partial charge in [0, 0.05) is 12.8 Å². The van der Waals surface area contributed by atoms with Crippen LogP contribution in [0.1, 0.15) is 61.0 Å². The Labute approximate surface area is 162 Å². The van der Waals surface area contributed by atoms with Crippen molar-refractivity contribution in [3.8, 4) is 11.1 Å². The maximum absolute atomic E-state index is 5.14. The summed E-state index contributed by atoms with van der Waals surface area (Å²) in [5.74, 6) is 1.81. The summed E-state index contributed by atoms with van der Waals surface area (Å²) in [6, 6.07) is 15.4. The van der Waals surface area contributed by atoms with Gasteiger partial charge in [0.05, 0.1) is 0 Å². The van der Waals surface area contributed by atoms with E-state index < -0.39 is 0 Å². The first kappa shape index (κ1) is 19.1. The van der Waals surface area contributed by atoms with Crippen molar-refractivity contribution in [3.05, 3.63) is 77.4 Å². The number of hydrogen-bond donors (Lipinski definition) is 0. The molecule has 3 heteroatoms. The van der Waals surface area contributed by atoms with Gasteiger partial charge in [-0.15, -0.1) is 0 Å². The molecule has 0 aliphatic heterocycles. The van der Waals surface area contributed by atoms with Gasteiger partial charge in [-0.2, -0.15) is 4.98 Å². The van der Waals surface area contributed by atoms with Crippen LogP contribution in [0.15, 0.2) is 53.6 Å². The highest BCUT2D eigenvalue weighted by atomic mass is 16.5. The Kier molecular flexibility index (Phi) is 5.90. The number of aryl methyl sites for hydroxylation is 3. The van der Waals surface area contributed by atoms with Crippen molar-refractivity contribution in [2.45, 2.75) is 52.9 Å². The highest BCUT2D eigenvalue weighted by Gasteiger charge is 2.15. The molecule has 2 aromatic carbocycles. The van der Waals surface area contributed by atoms with Gasteiger partial charge in [-0.3, -0.25) is 0 Å². The summed E-state index contributed by atoms with van der Waals surface area (Å²) in [6.45, 7) is 12.3. The summed E-state index contributed by atoms with van der Waals surface area (Å²) in [7, 11) is 0. The molecule has 0 aliphatic carbocycles. The molecule has 0 saturated heterocycles. The van der Waals surface area contributed by atoms with E-state index in [2.05, 4.69) is 80.0 Å². The van der Waals surface area contributed by atoms with Crippen LogP contribution in [0.2, 0.25) is 0 Å². The molecule has 0 saturated carbocycles. The number of aromatic nitrogens is 2. The Morgan fingerprint density at radius 1 is 1.11 bits per heavy atom. The molecule has 3 nitrogen and oxygen atoms in total. The van der Waals surface area contributed by atoms with Gasteiger partial charge in [0.1, 0.15) is 0 Å². The summed E-state index contributed by atoms with van der Waals surface area (Å²) in [5, 5.41) is 4.09. The van der Waals surface area contributed by atoms with Gasteiger partial charge in [-0.25, -0.2) is 0 Å². The molecule has 3 rings (SSSR count). The number of hydrogen-bond acceptors (Lipinski definition) is 3. The zero-order chi connectivity index (χ0) is 19.4. The van der Waals surface area contributed by atoms with Crippen LogP contribution in [-0.4, -0.2) is 10.1 Å². The summed E-state index contributed by atoms with van der Waals surface area (Å²) in [5.41, 5.74) is 7.40. The highest BCUT2D eigenvalue weighted by Crippen LogP contribution is 2.30. The summed E-state index contributed by atoms with van der Waals surface area (Å²) >= 11 is 0. The number of rotatable bonds is 7. The first-order valence-corrected chi connectivity index (χ1v) is 9.64. The van der Waals surface area contributed by atoms with Gasteiger partial charge in [0.15, 0.2) is 5.82 Å². The van der Waals surface area contributed by atoms with E-state index in [9.17, 15) is 0 Å². The quantitative estimate of drug-likeness (QED) is 0.482. The van der Waals surface area contributed by atoms with E-state index in [1.165, 1.54) is 27.8 Å². The molecule has 140 valence electrons. The molecule has 27 heavy (non-hydrogen) atoms. The largest absolute Gasteiger partial charge is 0.340 e. The minimum atomic E-state index is 0.342. The topological polar surface area (TPSA) is 38.9 Å². The van der Waals surface area contributed by atoms with E-state index in [0.717, 1.165) is 30.7 Å². The molecule has 0 bridgehead atoms. The van der Waals surface area contributed by atoms with Crippen LogP contribution in [-0.2, 0) is 6.42 Å². The fourth-order valence-corrected chi connectivity index (χ4v) is 3.46. The predicted octanol–water partition coefficient (Wildman–Crippen LogP) is 6.51. The van der Waals surface area contributed by atoms with Crippen LogP contribution in [0.25, 0.3) is 16.7 Å². The Balaban J connectivity index is 1.74. The summed E-state index contributed by atoms with van der Waals surface area (Å²) in [6.07, 6.45) is 3.05. The molecule has 3 aromatic rings. The lowest BCUT2D eigenvalue weighted by Crippen LogP contribution is -2.02. The predicted molar refractivity (Wildman–Crippen MR) is 112 cm³/mol. The normalized spacial score (nSPS) is 12.1. The Morgan fingerprint density at radius 2 is 1.85 bits per heavy atom. The van der Waals surface area contributed by atoms with E-state index in [1.807, 2.05) is 6.92 Å². The van der Waals surface area contributed by atoms with Crippen LogP contribution in [0.3, 0.4) is 0 Å². The Morgan fingerprint density at radius 3 is 2.44 bits per heavy atom. The number of nitrogens with zero attached hydrogens (tertiary/aromatic N) is 2. The van der Waals surface area contributed by atoms with E-state index >= 15 is 0 Å². The number of allylic oxidation sites excluding steroid dienone is 1. The standard InChI is InChI=1S/C24H28N2O/c1-6-20(24-25-18(5)27-26-24)11-8-19-9-12-21(13-10-19)23-15-17(4)7-14-22(23)16(2)3/h7,9-10,12-15,20H,2,6,8,11H2,1,3-5H3. The average Bonchev–Trinajstić information content (AvgIpc) is 3.08. The lowest BCUT2D eigenvalue weighted by Gasteiger charge is -2.13. The van der Waals surface area contributed by atoms with Crippen molar-refractivity contribution in [3.63, 3.8) is 0 Å². The van der Waals surface area contributed by atoms with Gasteiger partial charge < -0.3 is 4.52 Å². The van der Waals surface area contributed by atoms with Gasteiger partial charge in [-0.1, -0.05) is 72.3 Å². The number of benzene rings is 2. The molecular weight excluding hydrogens is 332 g/mol. The van der Waals surface area contributed by atoms with Gasteiger partial charge in [0.25, 0.3) is 0 Å². The van der Waals surface area contributed by atoms with Gasteiger partial charge >= 0.3 is 0 Å². The molecule has 0 amide bonds. The van der Waals surface area contributed by atoms with E-state index in [0.29, 0.717) is 11.8 Å². The second kappa shape index (κ2) is 8.34. The molecule has 1 heterocycles.